The molecule has 0 radical (unpaired) electrons. The van der Waals surface area contributed by atoms with Crippen LogP contribution in [-0.2, 0) is 12.8 Å². The van der Waals surface area contributed by atoms with Crippen molar-refractivity contribution in [3.63, 3.8) is 0 Å². The molecule has 1 aromatic carbocycles. The van der Waals surface area contributed by atoms with E-state index in [2.05, 4.69) is 34.0 Å². The number of nitrogens with one attached hydrogen (secondary N) is 2. The highest BCUT2D eigenvalue weighted by atomic mass is 32.1. The molecule has 3 nitrogen and oxygen atoms in total. The molecular formula is C14H19N3S. The maximum atomic E-state index is 5.07. The minimum absolute atomic E-state index is 0.568. The van der Waals surface area contributed by atoms with E-state index in [0.29, 0.717) is 5.11 Å². The molecule has 0 bridgehead atoms. The van der Waals surface area contributed by atoms with Gasteiger partial charge in [-0.25, -0.2) is 0 Å². The number of benzene rings is 1. The van der Waals surface area contributed by atoms with Gasteiger partial charge < -0.3 is 5.32 Å². The zero-order chi connectivity index (χ0) is 13.0. The van der Waals surface area contributed by atoms with E-state index in [9.17, 15) is 0 Å². The summed E-state index contributed by atoms with van der Waals surface area (Å²) in [7, 11) is 0. The molecule has 18 heavy (non-hydrogen) atoms. The van der Waals surface area contributed by atoms with Gasteiger partial charge in [0, 0.05) is 6.54 Å². The maximum Gasteiger partial charge on any atom is 0.186 e. The predicted molar refractivity (Wildman–Crippen MR) is 80.1 cm³/mol. The Morgan fingerprint density at radius 2 is 2.11 bits per heavy atom. The molecule has 0 unspecified atom stereocenters. The van der Waals surface area contributed by atoms with Gasteiger partial charge in [-0.05, 0) is 68.1 Å². The van der Waals surface area contributed by atoms with Crippen molar-refractivity contribution in [2.45, 2.75) is 33.1 Å². The lowest BCUT2D eigenvalue weighted by Gasteiger charge is -2.07. The van der Waals surface area contributed by atoms with E-state index in [-0.39, 0.29) is 0 Å². The minimum Gasteiger partial charge on any atom is -0.362 e. The summed E-state index contributed by atoms with van der Waals surface area (Å²) in [4.78, 5) is 0. The number of hydrogen-bond donors (Lipinski definition) is 2. The molecule has 0 saturated carbocycles. The van der Waals surface area contributed by atoms with Crippen LogP contribution in [0.25, 0.3) is 0 Å². The summed E-state index contributed by atoms with van der Waals surface area (Å²) in [5, 5.41) is 7.88. The van der Waals surface area contributed by atoms with Gasteiger partial charge >= 0.3 is 0 Å². The molecular weight excluding hydrogens is 242 g/mol. The Kier molecular flexibility index (Phi) is 4.31. The third-order valence-electron chi connectivity index (χ3n) is 3.18. The first-order valence-corrected chi connectivity index (χ1v) is 6.82. The van der Waals surface area contributed by atoms with Crippen molar-refractivity contribution >= 4 is 23.0 Å². The molecule has 1 aliphatic carbocycles. The van der Waals surface area contributed by atoms with Gasteiger partial charge in [-0.3, -0.25) is 5.43 Å². The summed E-state index contributed by atoms with van der Waals surface area (Å²) in [6.07, 6.45) is 3.69. The van der Waals surface area contributed by atoms with E-state index < -0.39 is 0 Å². The normalized spacial score (nSPS) is 14.2. The third-order valence-corrected chi connectivity index (χ3v) is 3.41. The Bertz CT molecular complexity index is 480. The largest absolute Gasteiger partial charge is 0.362 e. The molecule has 4 heteroatoms. The molecule has 0 fully saturated rings. The summed E-state index contributed by atoms with van der Waals surface area (Å²) < 4.78 is 0. The molecule has 1 aliphatic rings. The van der Waals surface area contributed by atoms with Gasteiger partial charge in [0.1, 0.15) is 0 Å². The first-order valence-electron chi connectivity index (χ1n) is 6.41. The number of nitrogens with zero attached hydrogens (tertiary/aromatic N) is 1. The molecule has 0 amide bonds. The van der Waals surface area contributed by atoms with Gasteiger partial charge in [0.15, 0.2) is 5.11 Å². The highest BCUT2D eigenvalue weighted by Gasteiger charge is 2.11. The second-order valence-electron chi connectivity index (χ2n) is 4.51. The number of fused-ring (bicyclic) bond motifs is 1. The average molecular weight is 261 g/mol. The monoisotopic (exact) mass is 261 g/mol. The van der Waals surface area contributed by atoms with Crippen LogP contribution in [0.4, 0.5) is 0 Å². The molecule has 96 valence electrons. The van der Waals surface area contributed by atoms with Gasteiger partial charge in [0.25, 0.3) is 0 Å². The van der Waals surface area contributed by atoms with Crippen LogP contribution in [0.3, 0.4) is 0 Å². The predicted octanol–water partition coefficient (Wildman–Crippen LogP) is 2.38. The highest BCUT2D eigenvalue weighted by Crippen LogP contribution is 2.22. The smallest absolute Gasteiger partial charge is 0.186 e. The van der Waals surface area contributed by atoms with Crippen LogP contribution in [0.2, 0.25) is 0 Å². The van der Waals surface area contributed by atoms with Crippen molar-refractivity contribution in [3.8, 4) is 0 Å². The van der Waals surface area contributed by atoms with Gasteiger partial charge in [-0.15, -0.1) is 0 Å². The quantitative estimate of drug-likeness (QED) is 0.498. The molecule has 1 aromatic rings. The van der Waals surface area contributed by atoms with E-state index in [1.807, 2.05) is 13.8 Å². The van der Waals surface area contributed by atoms with Crippen LogP contribution in [0.1, 0.15) is 37.0 Å². The van der Waals surface area contributed by atoms with Gasteiger partial charge in [0.2, 0.25) is 0 Å². The molecule has 0 aliphatic heterocycles. The van der Waals surface area contributed by atoms with Crippen molar-refractivity contribution in [2.24, 2.45) is 5.10 Å². The molecule has 2 N–H and O–H groups in total. The standard InChI is InChI=1S/C14H19N3S/c1-3-15-14(18)17-16-10(2)12-8-7-11-5-4-6-13(11)9-12/h7-9H,3-6H2,1-2H3,(H2,15,17,18)/b16-10-. The molecule has 0 saturated heterocycles. The summed E-state index contributed by atoms with van der Waals surface area (Å²) in [6, 6.07) is 6.61. The van der Waals surface area contributed by atoms with E-state index in [1.54, 1.807) is 0 Å². The van der Waals surface area contributed by atoms with Crippen molar-refractivity contribution in [1.82, 2.24) is 10.7 Å². The summed E-state index contributed by atoms with van der Waals surface area (Å²) in [5.74, 6) is 0. The lowest BCUT2D eigenvalue weighted by Crippen LogP contribution is -2.32. The lowest BCUT2D eigenvalue weighted by atomic mass is 10.0. The maximum absolute atomic E-state index is 5.07. The molecule has 0 aromatic heterocycles. The SMILES string of the molecule is CCNC(=S)N/N=C(/C)c1ccc2c(c1)CCC2. The van der Waals surface area contributed by atoms with Gasteiger partial charge in [0.05, 0.1) is 5.71 Å². The van der Waals surface area contributed by atoms with Crippen LogP contribution in [-0.4, -0.2) is 17.4 Å². The van der Waals surface area contributed by atoms with Crippen LogP contribution in [0, 0.1) is 0 Å². The van der Waals surface area contributed by atoms with Crippen molar-refractivity contribution in [3.05, 3.63) is 34.9 Å². The van der Waals surface area contributed by atoms with Crippen LogP contribution in [0.15, 0.2) is 23.3 Å². The van der Waals surface area contributed by atoms with Crippen molar-refractivity contribution in [1.29, 1.82) is 0 Å². The van der Waals surface area contributed by atoms with E-state index in [0.717, 1.165) is 12.3 Å². The number of thiocarbonyl (C=S) groups is 1. The third kappa shape index (κ3) is 3.07. The Morgan fingerprint density at radius 3 is 2.89 bits per heavy atom. The van der Waals surface area contributed by atoms with Gasteiger partial charge in [-0.2, -0.15) is 5.10 Å². The van der Waals surface area contributed by atoms with Gasteiger partial charge in [-0.1, -0.05) is 12.1 Å². The Labute approximate surface area is 114 Å². The summed E-state index contributed by atoms with van der Waals surface area (Å²) in [6.45, 7) is 4.81. The number of rotatable bonds is 3. The summed E-state index contributed by atoms with van der Waals surface area (Å²) >= 11 is 5.07. The Hall–Kier alpha value is -1.42. The summed E-state index contributed by atoms with van der Waals surface area (Å²) in [5.41, 5.74) is 7.95. The van der Waals surface area contributed by atoms with Crippen molar-refractivity contribution in [2.75, 3.05) is 6.54 Å². The lowest BCUT2D eigenvalue weighted by molar-refractivity contribution is 0.900. The number of hydrogen-bond acceptors (Lipinski definition) is 2. The van der Waals surface area contributed by atoms with Crippen LogP contribution in [0.5, 0.6) is 0 Å². The number of hydrazone groups is 1. The second-order valence-corrected chi connectivity index (χ2v) is 4.91. The first-order chi connectivity index (χ1) is 8.70. The molecule has 2 rings (SSSR count). The highest BCUT2D eigenvalue weighted by molar-refractivity contribution is 7.80. The van der Waals surface area contributed by atoms with Crippen LogP contribution < -0.4 is 10.7 Å². The van der Waals surface area contributed by atoms with Crippen LogP contribution >= 0.6 is 12.2 Å². The fourth-order valence-corrected chi connectivity index (χ4v) is 2.39. The average Bonchev–Trinajstić information content (AvgIpc) is 2.83. The molecule has 0 spiro atoms. The number of aryl methyl sites for hydroxylation is 2. The minimum atomic E-state index is 0.568. The van der Waals surface area contributed by atoms with E-state index >= 15 is 0 Å². The van der Waals surface area contributed by atoms with Crippen molar-refractivity contribution < 1.29 is 0 Å². The van der Waals surface area contributed by atoms with E-state index in [1.165, 1.54) is 36.0 Å². The topological polar surface area (TPSA) is 36.4 Å². The second kappa shape index (κ2) is 5.96. The fraction of sp³-hybridized carbons (Fsp3) is 0.429. The zero-order valence-corrected chi connectivity index (χ0v) is 11.7. The Balaban J connectivity index is 2.06. The molecule has 0 heterocycles. The fourth-order valence-electron chi connectivity index (χ4n) is 2.20. The molecule has 0 atom stereocenters. The first kappa shape index (κ1) is 13.0. The Morgan fingerprint density at radius 1 is 1.33 bits per heavy atom. The zero-order valence-electron chi connectivity index (χ0n) is 10.9. The van der Waals surface area contributed by atoms with E-state index in [4.69, 9.17) is 12.2 Å².